The minimum absolute atomic E-state index is 0.272. The molecule has 0 atom stereocenters. The maximum Gasteiger partial charge on any atom is 0.226 e. The van der Waals surface area contributed by atoms with Gasteiger partial charge < -0.3 is 10.2 Å². The van der Waals surface area contributed by atoms with Crippen LogP contribution in [-0.2, 0) is 11.3 Å². The van der Waals surface area contributed by atoms with Gasteiger partial charge in [-0.05, 0) is 43.4 Å². The van der Waals surface area contributed by atoms with Crippen LogP contribution in [0.1, 0.15) is 37.7 Å². The highest BCUT2D eigenvalue weighted by Gasteiger charge is 2.21. The highest BCUT2D eigenvalue weighted by atomic mass is 16.2. The van der Waals surface area contributed by atoms with Crippen LogP contribution < -0.4 is 10.2 Å². The fraction of sp³-hybridized carbons (Fsp3) is 0.533. The molecule has 1 aromatic rings. The first-order valence-electron chi connectivity index (χ1n) is 6.95. The summed E-state index contributed by atoms with van der Waals surface area (Å²) in [5.41, 5.74) is 2.34. The molecule has 0 spiro atoms. The van der Waals surface area contributed by atoms with Crippen molar-refractivity contribution in [3.05, 3.63) is 29.8 Å². The first kappa shape index (κ1) is 11.7. The van der Waals surface area contributed by atoms with Crippen LogP contribution in [0.2, 0.25) is 0 Å². The molecule has 3 nitrogen and oxygen atoms in total. The van der Waals surface area contributed by atoms with Gasteiger partial charge in [-0.1, -0.05) is 12.1 Å². The van der Waals surface area contributed by atoms with E-state index in [9.17, 15) is 4.79 Å². The Kier molecular flexibility index (Phi) is 3.33. The number of anilines is 1. The summed E-state index contributed by atoms with van der Waals surface area (Å²) in [4.78, 5) is 13.8. The largest absolute Gasteiger partial charge is 0.312 e. The van der Waals surface area contributed by atoms with Crippen molar-refractivity contribution in [2.75, 3.05) is 11.4 Å². The summed E-state index contributed by atoms with van der Waals surface area (Å²) in [6.45, 7) is 1.79. The number of piperidine rings is 1. The van der Waals surface area contributed by atoms with Crippen LogP contribution in [0.25, 0.3) is 0 Å². The van der Waals surface area contributed by atoms with Gasteiger partial charge in [-0.3, -0.25) is 4.79 Å². The quantitative estimate of drug-likeness (QED) is 0.882. The van der Waals surface area contributed by atoms with Gasteiger partial charge in [0.25, 0.3) is 0 Å². The van der Waals surface area contributed by atoms with Crippen LogP contribution in [0.3, 0.4) is 0 Å². The maximum atomic E-state index is 11.9. The van der Waals surface area contributed by atoms with Crippen molar-refractivity contribution in [2.24, 2.45) is 0 Å². The molecule has 1 saturated carbocycles. The summed E-state index contributed by atoms with van der Waals surface area (Å²) in [5.74, 6) is 0.272. The number of nitrogens with zero attached hydrogens (tertiary/aromatic N) is 1. The van der Waals surface area contributed by atoms with Crippen LogP contribution in [0, 0.1) is 0 Å². The van der Waals surface area contributed by atoms with E-state index >= 15 is 0 Å². The highest BCUT2D eigenvalue weighted by molar-refractivity contribution is 5.94. The molecule has 1 heterocycles. The zero-order chi connectivity index (χ0) is 12.4. The summed E-state index contributed by atoms with van der Waals surface area (Å²) in [6, 6.07) is 9.11. The standard InChI is InChI=1S/C15H20N2O/c18-15-6-1-2-9-17(15)14-5-3-4-12(10-14)11-16-13-7-8-13/h3-5,10,13,16H,1-2,6-9,11H2. The molecule has 0 unspecified atom stereocenters. The molecule has 0 aromatic heterocycles. The molecule has 0 bridgehead atoms. The molecule has 18 heavy (non-hydrogen) atoms. The van der Waals surface area contributed by atoms with Gasteiger partial charge in [-0.15, -0.1) is 0 Å². The number of rotatable bonds is 4. The van der Waals surface area contributed by atoms with Crippen molar-refractivity contribution < 1.29 is 4.79 Å². The smallest absolute Gasteiger partial charge is 0.226 e. The van der Waals surface area contributed by atoms with E-state index in [1.807, 2.05) is 11.0 Å². The van der Waals surface area contributed by atoms with E-state index in [0.717, 1.165) is 37.7 Å². The first-order valence-corrected chi connectivity index (χ1v) is 6.95. The van der Waals surface area contributed by atoms with E-state index in [1.54, 1.807) is 0 Å². The van der Waals surface area contributed by atoms with E-state index in [-0.39, 0.29) is 5.91 Å². The molecule has 2 fully saturated rings. The van der Waals surface area contributed by atoms with Crippen molar-refractivity contribution in [2.45, 2.75) is 44.7 Å². The van der Waals surface area contributed by atoms with Crippen LogP contribution in [0.5, 0.6) is 0 Å². The van der Waals surface area contributed by atoms with Gasteiger partial charge in [0.15, 0.2) is 0 Å². The van der Waals surface area contributed by atoms with Crippen LogP contribution in [0.15, 0.2) is 24.3 Å². The molecule has 2 aliphatic rings. The van der Waals surface area contributed by atoms with Crippen molar-refractivity contribution in [3.8, 4) is 0 Å². The Morgan fingerprint density at radius 2 is 2.17 bits per heavy atom. The lowest BCUT2D eigenvalue weighted by molar-refractivity contribution is -0.119. The highest BCUT2D eigenvalue weighted by Crippen LogP contribution is 2.23. The minimum Gasteiger partial charge on any atom is -0.312 e. The Hall–Kier alpha value is -1.35. The van der Waals surface area contributed by atoms with Crippen LogP contribution in [-0.4, -0.2) is 18.5 Å². The lowest BCUT2D eigenvalue weighted by Gasteiger charge is -2.27. The van der Waals surface area contributed by atoms with Gasteiger partial charge >= 0.3 is 0 Å². The molecule has 3 heteroatoms. The number of carbonyl (C=O) groups is 1. The lowest BCUT2D eigenvalue weighted by Crippen LogP contribution is -2.35. The molecule has 1 amide bonds. The number of amides is 1. The second-order valence-corrected chi connectivity index (χ2v) is 5.33. The SMILES string of the molecule is O=C1CCCCN1c1cccc(CNC2CC2)c1. The zero-order valence-corrected chi connectivity index (χ0v) is 10.7. The number of benzene rings is 1. The lowest BCUT2D eigenvalue weighted by atomic mass is 10.1. The molecule has 1 aliphatic carbocycles. The molecule has 1 aliphatic heterocycles. The maximum absolute atomic E-state index is 11.9. The molecule has 96 valence electrons. The van der Waals surface area contributed by atoms with E-state index in [1.165, 1.54) is 18.4 Å². The van der Waals surface area contributed by atoms with E-state index in [2.05, 4.69) is 23.5 Å². The third kappa shape index (κ3) is 2.72. The zero-order valence-electron chi connectivity index (χ0n) is 10.7. The molecule has 1 N–H and O–H groups in total. The number of hydrogen-bond donors (Lipinski definition) is 1. The summed E-state index contributed by atoms with van der Waals surface area (Å²) in [5, 5.41) is 3.51. The summed E-state index contributed by atoms with van der Waals surface area (Å²) < 4.78 is 0. The minimum atomic E-state index is 0.272. The van der Waals surface area contributed by atoms with Crippen LogP contribution in [0.4, 0.5) is 5.69 Å². The Bertz CT molecular complexity index is 440. The first-order chi connectivity index (χ1) is 8.83. The van der Waals surface area contributed by atoms with E-state index in [4.69, 9.17) is 0 Å². The van der Waals surface area contributed by atoms with Gasteiger partial charge in [0.1, 0.15) is 0 Å². The van der Waals surface area contributed by atoms with Crippen molar-refractivity contribution in [1.82, 2.24) is 5.32 Å². The van der Waals surface area contributed by atoms with Gasteiger partial charge in [-0.25, -0.2) is 0 Å². The normalized spacial score (nSPS) is 20.2. The summed E-state index contributed by atoms with van der Waals surface area (Å²) >= 11 is 0. The fourth-order valence-corrected chi connectivity index (χ4v) is 2.46. The second-order valence-electron chi connectivity index (χ2n) is 5.33. The molecule has 0 radical (unpaired) electrons. The summed E-state index contributed by atoms with van der Waals surface area (Å²) in [6.07, 6.45) is 5.48. The second kappa shape index (κ2) is 5.11. The van der Waals surface area contributed by atoms with Crippen molar-refractivity contribution in [1.29, 1.82) is 0 Å². The third-order valence-electron chi connectivity index (χ3n) is 3.72. The fourth-order valence-electron chi connectivity index (χ4n) is 2.46. The average Bonchev–Trinajstić information content (AvgIpc) is 3.21. The summed E-state index contributed by atoms with van der Waals surface area (Å²) in [7, 11) is 0. The molecular formula is C15H20N2O. The van der Waals surface area contributed by atoms with Gasteiger partial charge in [0.2, 0.25) is 5.91 Å². The molecule has 3 rings (SSSR count). The third-order valence-corrected chi connectivity index (χ3v) is 3.72. The van der Waals surface area contributed by atoms with Crippen molar-refractivity contribution in [3.63, 3.8) is 0 Å². The molecular weight excluding hydrogens is 224 g/mol. The predicted molar refractivity (Wildman–Crippen MR) is 72.5 cm³/mol. The Labute approximate surface area is 108 Å². The average molecular weight is 244 g/mol. The monoisotopic (exact) mass is 244 g/mol. The van der Waals surface area contributed by atoms with Crippen LogP contribution >= 0.6 is 0 Å². The van der Waals surface area contributed by atoms with Gasteiger partial charge in [-0.2, -0.15) is 0 Å². The predicted octanol–water partition coefficient (Wildman–Crippen LogP) is 2.46. The Balaban J connectivity index is 1.70. The number of nitrogens with one attached hydrogen (secondary N) is 1. The van der Waals surface area contributed by atoms with E-state index < -0.39 is 0 Å². The number of carbonyl (C=O) groups excluding carboxylic acids is 1. The molecule has 1 aromatic carbocycles. The van der Waals surface area contributed by atoms with Crippen molar-refractivity contribution >= 4 is 11.6 Å². The Morgan fingerprint density at radius 3 is 2.94 bits per heavy atom. The number of hydrogen-bond acceptors (Lipinski definition) is 2. The molecule has 1 saturated heterocycles. The Morgan fingerprint density at radius 1 is 1.28 bits per heavy atom. The van der Waals surface area contributed by atoms with E-state index in [0.29, 0.717) is 6.42 Å². The topological polar surface area (TPSA) is 32.3 Å². The van der Waals surface area contributed by atoms with Gasteiger partial charge in [0.05, 0.1) is 0 Å². The van der Waals surface area contributed by atoms with Gasteiger partial charge in [0, 0.05) is 31.2 Å².